The normalized spacial score (nSPS) is 13.3. The molecule has 0 saturated heterocycles. The van der Waals surface area contributed by atoms with Crippen LogP contribution in [0.15, 0.2) is 16.7 Å². The summed E-state index contributed by atoms with van der Waals surface area (Å²) in [5.74, 6) is 0.941. The first-order valence-corrected chi connectivity index (χ1v) is 6.42. The lowest BCUT2D eigenvalue weighted by molar-refractivity contribution is 0.831. The maximum Gasteiger partial charge on any atom is 0.171 e. The van der Waals surface area contributed by atoms with Gasteiger partial charge in [-0.1, -0.05) is 0 Å². The fourth-order valence-corrected chi connectivity index (χ4v) is 2.47. The summed E-state index contributed by atoms with van der Waals surface area (Å²) in [5, 5.41) is 13.4. The molecule has 0 spiro atoms. The molecule has 2 aromatic rings. The molecule has 90 valence electrons. The van der Waals surface area contributed by atoms with E-state index in [4.69, 9.17) is 5.73 Å². The quantitative estimate of drug-likeness (QED) is 0.873. The van der Waals surface area contributed by atoms with E-state index < -0.39 is 0 Å². The van der Waals surface area contributed by atoms with E-state index in [0.717, 1.165) is 25.0 Å². The standard InChI is InChI=1S/C12H10BrN5/c13-9-6-18(17-11(9)15)12-8(5-14)4-7-2-1-3-10(7)16-12/h4,6H,1-3H2,(H2,15,17). The van der Waals surface area contributed by atoms with Crippen molar-refractivity contribution in [3.8, 4) is 11.9 Å². The summed E-state index contributed by atoms with van der Waals surface area (Å²) in [7, 11) is 0. The zero-order chi connectivity index (χ0) is 12.7. The van der Waals surface area contributed by atoms with Gasteiger partial charge in [0.25, 0.3) is 0 Å². The monoisotopic (exact) mass is 303 g/mol. The Morgan fingerprint density at radius 3 is 2.94 bits per heavy atom. The summed E-state index contributed by atoms with van der Waals surface area (Å²) < 4.78 is 2.25. The third-order valence-electron chi connectivity index (χ3n) is 3.06. The minimum Gasteiger partial charge on any atom is -0.381 e. The Bertz CT molecular complexity index is 648. The molecule has 0 aromatic carbocycles. The van der Waals surface area contributed by atoms with Gasteiger partial charge >= 0.3 is 0 Å². The number of nitriles is 1. The number of pyridine rings is 1. The van der Waals surface area contributed by atoms with Crippen LogP contribution in [0.2, 0.25) is 0 Å². The fourth-order valence-electron chi connectivity index (χ4n) is 2.19. The molecule has 0 fully saturated rings. The summed E-state index contributed by atoms with van der Waals surface area (Å²) in [6.07, 6.45) is 4.79. The number of rotatable bonds is 1. The summed E-state index contributed by atoms with van der Waals surface area (Å²) in [4.78, 5) is 4.55. The van der Waals surface area contributed by atoms with Crippen molar-refractivity contribution in [2.45, 2.75) is 19.3 Å². The van der Waals surface area contributed by atoms with Crippen LogP contribution in [0.1, 0.15) is 23.2 Å². The molecule has 0 amide bonds. The average Bonchev–Trinajstić information content (AvgIpc) is 2.94. The van der Waals surface area contributed by atoms with Crippen LogP contribution in [0.3, 0.4) is 0 Å². The van der Waals surface area contributed by atoms with Gasteiger partial charge in [0.1, 0.15) is 6.07 Å². The molecule has 1 aliphatic carbocycles. The van der Waals surface area contributed by atoms with Crippen LogP contribution in [0, 0.1) is 11.3 Å². The molecular weight excluding hydrogens is 294 g/mol. The number of halogens is 1. The highest BCUT2D eigenvalue weighted by molar-refractivity contribution is 9.10. The smallest absolute Gasteiger partial charge is 0.171 e. The van der Waals surface area contributed by atoms with E-state index >= 15 is 0 Å². The third kappa shape index (κ3) is 1.68. The van der Waals surface area contributed by atoms with E-state index in [1.807, 2.05) is 6.07 Å². The Morgan fingerprint density at radius 2 is 2.28 bits per heavy atom. The molecule has 2 heterocycles. The number of aromatic nitrogens is 3. The van der Waals surface area contributed by atoms with E-state index in [0.29, 0.717) is 21.7 Å². The van der Waals surface area contributed by atoms with Crippen molar-refractivity contribution in [3.05, 3.63) is 33.6 Å². The van der Waals surface area contributed by atoms with E-state index in [1.54, 1.807) is 10.9 Å². The van der Waals surface area contributed by atoms with Crippen molar-refractivity contribution in [1.82, 2.24) is 14.8 Å². The molecule has 2 N–H and O–H groups in total. The summed E-state index contributed by atoms with van der Waals surface area (Å²) >= 11 is 3.30. The average molecular weight is 304 g/mol. The molecule has 18 heavy (non-hydrogen) atoms. The first-order chi connectivity index (χ1) is 8.69. The lowest BCUT2D eigenvalue weighted by Crippen LogP contribution is -2.05. The van der Waals surface area contributed by atoms with Crippen LogP contribution in [-0.4, -0.2) is 14.8 Å². The van der Waals surface area contributed by atoms with Gasteiger partial charge in [-0.3, -0.25) is 0 Å². The lowest BCUT2D eigenvalue weighted by atomic mass is 10.1. The van der Waals surface area contributed by atoms with Gasteiger partial charge in [-0.2, -0.15) is 5.26 Å². The zero-order valence-corrected chi connectivity index (χ0v) is 11.1. The second-order valence-corrected chi connectivity index (χ2v) is 5.09. The van der Waals surface area contributed by atoms with Gasteiger partial charge < -0.3 is 5.73 Å². The molecule has 2 aromatic heterocycles. The van der Waals surface area contributed by atoms with Crippen molar-refractivity contribution >= 4 is 21.7 Å². The SMILES string of the molecule is N#Cc1cc2c(nc1-n1cc(Br)c(N)n1)CCC2. The number of hydrogen-bond acceptors (Lipinski definition) is 4. The van der Waals surface area contributed by atoms with Gasteiger partial charge in [-0.05, 0) is 46.8 Å². The van der Waals surface area contributed by atoms with Crippen molar-refractivity contribution < 1.29 is 0 Å². The minimum absolute atomic E-state index is 0.390. The number of nitrogens with zero attached hydrogens (tertiary/aromatic N) is 4. The molecule has 0 aliphatic heterocycles. The lowest BCUT2D eigenvalue weighted by Gasteiger charge is -2.06. The van der Waals surface area contributed by atoms with Gasteiger partial charge in [0, 0.05) is 11.9 Å². The summed E-state index contributed by atoms with van der Waals surface area (Å²) in [5.41, 5.74) is 8.47. The van der Waals surface area contributed by atoms with Gasteiger partial charge in [0.05, 0.1) is 10.0 Å². The number of aryl methyl sites for hydroxylation is 2. The van der Waals surface area contributed by atoms with Crippen LogP contribution in [0.25, 0.3) is 5.82 Å². The van der Waals surface area contributed by atoms with Crippen molar-refractivity contribution in [3.63, 3.8) is 0 Å². The maximum absolute atomic E-state index is 9.21. The summed E-state index contributed by atoms with van der Waals surface area (Å²) in [6, 6.07) is 4.09. The second-order valence-electron chi connectivity index (χ2n) is 4.24. The minimum atomic E-state index is 0.390. The Hall–Kier alpha value is -1.87. The molecule has 0 unspecified atom stereocenters. The van der Waals surface area contributed by atoms with E-state index in [9.17, 15) is 5.26 Å². The molecule has 0 atom stereocenters. The molecule has 5 nitrogen and oxygen atoms in total. The van der Waals surface area contributed by atoms with Crippen LogP contribution in [0.4, 0.5) is 5.82 Å². The third-order valence-corrected chi connectivity index (χ3v) is 3.67. The highest BCUT2D eigenvalue weighted by Crippen LogP contribution is 2.26. The number of hydrogen-bond donors (Lipinski definition) is 1. The molecule has 1 aliphatic rings. The van der Waals surface area contributed by atoms with E-state index in [2.05, 4.69) is 32.1 Å². The number of fused-ring (bicyclic) bond motifs is 1. The Balaban J connectivity index is 2.20. The largest absolute Gasteiger partial charge is 0.381 e. The molecule has 0 bridgehead atoms. The van der Waals surface area contributed by atoms with Crippen LogP contribution < -0.4 is 5.73 Å². The molecule has 6 heteroatoms. The van der Waals surface area contributed by atoms with Gasteiger partial charge in [0.2, 0.25) is 0 Å². The van der Waals surface area contributed by atoms with Crippen LogP contribution in [-0.2, 0) is 12.8 Å². The first-order valence-electron chi connectivity index (χ1n) is 5.63. The predicted molar refractivity (Wildman–Crippen MR) is 70.2 cm³/mol. The Morgan fingerprint density at radius 1 is 1.44 bits per heavy atom. The highest BCUT2D eigenvalue weighted by atomic mass is 79.9. The van der Waals surface area contributed by atoms with Crippen LogP contribution in [0.5, 0.6) is 0 Å². The highest BCUT2D eigenvalue weighted by Gasteiger charge is 2.18. The predicted octanol–water partition coefficient (Wildman–Crippen LogP) is 1.97. The van der Waals surface area contributed by atoms with Crippen molar-refractivity contribution in [1.29, 1.82) is 5.26 Å². The summed E-state index contributed by atoms with van der Waals surface area (Å²) in [6.45, 7) is 0. The second kappa shape index (κ2) is 4.10. The number of nitrogen functional groups attached to an aromatic ring is 1. The Kier molecular flexibility index (Phi) is 2.56. The fraction of sp³-hybridized carbons (Fsp3) is 0.250. The Labute approximate surface area is 112 Å². The van der Waals surface area contributed by atoms with Gasteiger partial charge in [0.15, 0.2) is 11.6 Å². The van der Waals surface area contributed by atoms with E-state index in [1.165, 1.54) is 5.56 Å². The van der Waals surface area contributed by atoms with Crippen LogP contribution >= 0.6 is 15.9 Å². The van der Waals surface area contributed by atoms with Gasteiger partial charge in [-0.15, -0.1) is 5.10 Å². The molecule has 3 rings (SSSR count). The number of nitrogens with two attached hydrogens (primary N) is 1. The van der Waals surface area contributed by atoms with Gasteiger partial charge in [-0.25, -0.2) is 9.67 Å². The molecule has 0 saturated carbocycles. The van der Waals surface area contributed by atoms with Crippen molar-refractivity contribution in [2.75, 3.05) is 5.73 Å². The van der Waals surface area contributed by atoms with E-state index in [-0.39, 0.29) is 0 Å². The number of anilines is 1. The zero-order valence-electron chi connectivity index (χ0n) is 9.52. The first kappa shape index (κ1) is 11.2. The molecular formula is C12H10BrN5. The maximum atomic E-state index is 9.21. The van der Waals surface area contributed by atoms with Crippen molar-refractivity contribution in [2.24, 2.45) is 0 Å². The molecule has 0 radical (unpaired) electrons. The topological polar surface area (TPSA) is 80.5 Å².